The molecular formula is C14H18F2N2O. The number of amides is 1. The molecule has 0 atom stereocenters. The molecule has 0 unspecified atom stereocenters. The van der Waals surface area contributed by atoms with Crippen LogP contribution in [0.3, 0.4) is 0 Å². The minimum Gasteiger partial charge on any atom is -0.342 e. The maximum atomic E-state index is 13.1. The van der Waals surface area contributed by atoms with Crippen LogP contribution in [-0.2, 0) is 11.3 Å². The summed E-state index contributed by atoms with van der Waals surface area (Å²) >= 11 is 0. The molecule has 1 aromatic rings. The zero-order valence-corrected chi connectivity index (χ0v) is 11.0. The van der Waals surface area contributed by atoms with Crippen molar-refractivity contribution < 1.29 is 13.6 Å². The topological polar surface area (TPSA) is 23.6 Å². The number of hydrogen-bond donors (Lipinski definition) is 0. The molecule has 1 aliphatic heterocycles. The van der Waals surface area contributed by atoms with E-state index in [9.17, 15) is 13.6 Å². The van der Waals surface area contributed by atoms with Crippen molar-refractivity contribution in [2.24, 2.45) is 0 Å². The molecule has 1 saturated heterocycles. The monoisotopic (exact) mass is 268 g/mol. The quantitative estimate of drug-likeness (QED) is 0.834. The predicted molar refractivity (Wildman–Crippen MR) is 68.5 cm³/mol. The third-order valence-corrected chi connectivity index (χ3v) is 3.30. The van der Waals surface area contributed by atoms with Crippen LogP contribution in [0.1, 0.15) is 18.4 Å². The molecule has 0 bridgehead atoms. The van der Waals surface area contributed by atoms with Gasteiger partial charge in [0, 0.05) is 19.6 Å². The second-order valence-electron chi connectivity index (χ2n) is 5.01. The molecule has 0 N–H and O–H groups in total. The standard InChI is InChI=1S/C14H18F2N2O/c1-17(10-14(19)18-6-2-3-7-18)9-11-4-5-12(15)13(16)8-11/h4-5,8H,2-3,6-7,9-10H2,1H3. The van der Waals surface area contributed by atoms with Gasteiger partial charge in [0.05, 0.1) is 6.54 Å². The number of carbonyl (C=O) groups is 1. The molecule has 1 aliphatic rings. The third kappa shape index (κ3) is 3.73. The number of likely N-dealkylation sites (N-methyl/N-ethyl adjacent to an activating group) is 1. The Kier molecular flexibility index (Phi) is 4.47. The number of rotatable bonds is 4. The van der Waals surface area contributed by atoms with E-state index in [4.69, 9.17) is 0 Å². The Labute approximate surface area is 111 Å². The van der Waals surface area contributed by atoms with Crippen molar-refractivity contribution in [2.75, 3.05) is 26.7 Å². The van der Waals surface area contributed by atoms with Crippen molar-refractivity contribution in [3.63, 3.8) is 0 Å². The van der Waals surface area contributed by atoms with Crippen molar-refractivity contribution in [3.05, 3.63) is 35.4 Å². The fourth-order valence-corrected chi connectivity index (χ4v) is 2.30. The Morgan fingerprint density at radius 1 is 1.26 bits per heavy atom. The zero-order valence-electron chi connectivity index (χ0n) is 11.0. The Hall–Kier alpha value is -1.49. The van der Waals surface area contributed by atoms with Crippen molar-refractivity contribution >= 4 is 5.91 Å². The highest BCUT2D eigenvalue weighted by Gasteiger charge is 2.19. The van der Waals surface area contributed by atoms with Gasteiger partial charge in [-0.1, -0.05) is 6.07 Å². The van der Waals surface area contributed by atoms with Crippen molar-refractivity contribution in [1.29, 1.82) is 0 Å². The van der Waals surface area contributed by atoms with E-state index in [-0.39, 0.29) is 5.91 Å². The van der Waals surface area contributed by atoms with E-state index in [1.54, 1.807) is 7.05 Å². The van der Waals surface area contributed by atoms with Crippen LogP contribution in [0.5, 0.6) is 0 Å². The minimum absolute atomic E-state index is 0.0996. The van der Waals surface area contributed by atoms with Gasteiger partial charge >= 0.3 is 0 Å². The van der Waals surface area contributed by atoms with Crippen LogP contribution >= 0.6 is 0 Å². The third-order valence-electron chi connectivity index (χ3n) is 3.30. The van der Waals surface area contributed by atoms with Gasteiger partial charge < -0.3 is 4.90 Å². The highest BCUT2D eigenvalue weighted by molar-refractivity contribution is 5.78. The van der Waals surface area contributed by atoms with E-state index in [2.05, 4.69) is 0 Å². The molecule has 0 spiro atoms. The number of likely N-dealkylation sites (tertiary alicyclic amines) is 1. The van der Waals surface area contributed by atoms with E-state index in [0.29, 0.717) is 18.7 Å². The van der Waals surface area contributed by atoms with Gasteiger partial charge in [-0.05, 0) is 37.6 Å². The molecule has 0 aromatic heterocycles. The first-order valence-corrected chi connectivity index (χ1v) is 6.46. The van der Waals surface area contributed by atoms with Crippen LogP contribution in [-0.4, -0.2) is 42.4 Å². The zero-order chi connectivity index (χ0) is 13.8. The lowest BCUT2D eigenvalue weighted by Crippen LogP contribution is -2.36. The number of hydrogen-bond acceptors (Lipinski definition) is 2. The van der Waals surface area contributed by atoms with E-state index in [1.807, 2.05) is 9.80 Å². The van der Waals surface area contributed by atoms with Gasteiger partial charge in [0.2, 0.25) is 5.91 Å². The largest absolute Gasteiger partial charge is 0.342 e. The van der Waals surface area contributed by atoms with Crippen LogP contribution in [0.2, 0.25) is 0 Å². The van der Waals surface area contributed by atoms with Crippen molar-refractivity contribution in [3.8, 4) is 0 Å². The SMILES string of the molecule is CN(CC(=O)N1CCCC1)Cc1ccc(F)c(F)c1. The van der Waals surface area contributed by atoms with Crippen molar-refractivity contribution in [2.45, 2.75) is 19.4 Å². The summed E-state index contributed by atoms with van der Waals surface area (Å²) in [4.78, 5) is 15.6. The lowest BCUT2D eigenvalue weighted by molar-refractivity contribution is -0.131. The molecule has 1 heterocycles. The van der Waals surface area contributed by atoms with Gasteiger partial charge in [-0.25, -0.2) is 8.78 Å². The first kappa shape index (κ1) is 13.9. The molecule has 0 saturated carbocycles. The number of halogens is 2. The average molecular weight is 268 g/mol. The first-order chi connectivity index (χ1) is 9.06. The molecular weight excluding hydrogens is 250 g/mol. The fraction of sp³-hybridized carbons (Fsp3) is 0.500. The highest BCUT2D eigenvalue weighted by atomic mass is 19.2. The number of carbonyl (C=O) groups excluding carboxylic acids is 1. The summed E-state index contributed by atoms with van der Waals surface area (Å²) in [6.07, 6.45) is 2.14. The molecule has 3 nitrogen and oxygen atoms in total. The van der Waals surface area contributed by atoms with Gasteiger partial charge in [-0.3, -0.25) is 9.69 Å². The summed E-state index contributed by atoms with van der Waals surface area (Å²) in [6.45, 7) is 2.39. The van der Waals surface area contributed by atoms with E-state index >= 15 is 0 Å². The molecule has 1 amide bonds. The summed E-state index contributed by atoms with van der Waals surface area (Å²) in [6, 6.07) is 3.82. The van der Waals surface area contributed by atoms with E-state index in [1.165, 1.54) is 12.1 Å². The maximum Gasteiger partial charge on any atom is 0.236 e. The second-order valence-corrected chi connectivity index (χ2v) is 5.01. The van der Waals surface area contributed by atoms with Crippen LogP contribution in [0.15, 0.2) is 18.2 Å². The number of benzene rings is 1. The van der Waals surface area contributed by atoms with Gasteiger partial charge in [-0.2, -0.15) is 0 Å². The molecule has 1 aromatic carbocycles. The Bertz CT molecular complexity index is 459. The molecule has 0 radical (unpaired) electrons. The molecule has 2 rings (SSSR count). The highest BCUT2D eigenvalue weighted by Crippen LogP contribution is 2.11. The smallest absolute Gasteiger partial charge is 0.236 e. The molecule has 19 heavy (non-hydrogen) atoms. The van der Waals surface area contributed by atoms with E-state index in [0.717, 1.165) is 32.0 Å². The Balaban J connectivity index is 1.87. The summed E-state index contributed by atoms with van der Waals surface area (Å²) in [7, 11) is 1.80. The van der Waals surface area contributed by atoms with Crippen molar-refractivity contribution in [1.82, 2.24) is 9.80 Å². The molecule has 0 aliphatic carbocycles. The molecule has 5 heteroatoms. The van der Waals surface area contributed by atoms with Gasteiger partial charge in [0.25, 0.3) is 0 Å². The average Bonchev–Trinajstić information content (AvgIpc) is 2.87. The normalized spacial score (nSPS) is 15.3. The second kappa shape index (κ2) is 6.10. The Morgan fingerprint density at radius 3 is 2.58 bits per heavy atom. The summed E-state index contributed by atoms with van der Waals surface area (Å²) < 4.78 is 25.9. The van der Waals surface area contributed by atoms with Gasteiger partial charge in [0.15, 0.2) is 11.6 Å². The summed E-state index contributed by atoms with van der Waals surface area (Å²) in [5.41, 5.74) is 0.663. The molecule has 104 valence electrons. The van der Waals surface area contributed by atoms with Crippen LogP contribution < -0.4 is 0 Å². The van der Waals surface area contributed by atoms with E-state index < -0.39 is 11.6 Å². The first-order valence-electron chi connectivity index (χ1n) is 6.46. The van der Waals surface area contributed by atoms with Gasteiger partial charge in [0.1, 0.15) is 0 Å². The lowest BCUT2D eigenvalue weighted by atomic mass is 10.2. The maximum absolute atomic E-state index is 13.1. The van der Waals surface area contributed by atoms with Crippen LogP contribution in [0, 0.1) is 11.6 Å². The number of nitrogens with zero attached hydrogens (tertiary/aromatic N) is 2. The van der Waals surface area contributed by atoms with Gasteiger partial charge in [-0.15, -0.1) is 0 Å². The van der Waals surface area contributed by atoms with Crippen LogP contribution in [0.4, 0.5) is 8.78 Å². The Morgan fingerprint density at radius 2 is 1.95 bits per heavy atom. The fourth-order valence-electron chi connectivity index (χ4n) is 2.30. The van der Waals surface area contributed by atoms with Crippen LogP contribution in [0.25, 0.3) is 0 Å². The summed E-state index contributed by atoms with van der Waals surface area (Å²) in [5.74, 6) is -1.60. The lowest BCUT2D eigenvalue weighted by Gasteiger charge is -2.21. The summed E-state index contributed by atoms with van der Waals surface area (Å²) in [5, 5.41) is 0. The predicted octanol–water partition coefficient (Wildman–Crippen LogP) is 2.02. The minimum atomic E-state index is -0.850. The molecule has 1 fully saturated rings.